The molecule has 0 saturated carbocycles. The number of thiophene rings is 1. The first-order valence-electron chi connectivity index (χ1n) is 4.73. The third-order valence-electron chi connectivity index (χ3n) is 2.17. The van der Waals surface area contributed by atoms with Crippen LogP contribution >= 0.6 is 27.3 Å². The molecule has 2 rings (SSSR count). The van der Waals surface area contributed by atoms with Crippen LogP contribution in [-0.4, -0.2) is 16.1 Å². The number of nitrogens with zero attached hydrogens (tertiary/aromatic N) is 2. The van der Waals surface area contributed by atoms with Gasteiger partial charge in [-0.05, 0) is 33.9 Å². The molecular weight excluding hydrogens is 274 g/mol. The van der Waals surface area contributed by atoms with Gasteiger partial charge in [0.1, 0.15) is 5.82 Å². The highest BCUT2D eigenvalue weighted by Gasteiger charge is 2.05. The van der Waals surface area contributed by atoms with Crippen LogP contribution in [0.2, 0.25) is 0 Å². The molecule has 80 valence electrons. The third-order valence-corrected chi connectivity index (χ3v) is 4.09. The summed E-state index contributed by atoms with van der Waals surface area (Å²) in [5.41, 5.74) is 5.53. The number of hydrogen-bond donors (Lipinski definition) is 1. The van der Waals surface area contributed by atoms with Crippen molar-refractivity contribution in [1.29, 1.82) is 0 Å². The lowest BCUT2D eigenvalue weighted by molar-refractivity contribution is 0.722. The van der Waals surface area contributed by atoms with Gasteiger partial charge in [-0.3, -0.25) is 0 Å². The summed E-state index contributed by atoms with van der Waals surface area (Å²) in [5.74, 6) is 1.05. The van der Waals surface area contributed by atoms with Crippen LogP contribution in [0.3, 0.4) is 0 Å². The van der Waals surface area contributed by atoms with Gasteiger partial charge in [0, 0.05) is 28.2 Å². The zero-order valence-electron chi connectivity index (χ0n) is 8.19. The van der Waals surface area contributed by atoms with E-state index in [1.807, 2.05) is 12.4 Å². The highest BCUT2D eigenvalue weighted by Crippen LogP contribution is 2.23. The number of aromatic nitrogens is 2. The molecule has 2 N–H and O–H groups in total. The average Bonchev–Trinajstić information content (AvgIpc) is 2.80. The van der Waals surface area contributed by atoms with Gasteiger partial charge in [-0.15, -0.1) is 11.3 Å². The summed E-state index contributed by atoms with van der Waals surface area (Å²) >= 11 is 5.28. The highest BCUT2D eigenvalue weighted by molar-refractivity contribution is 9.10. The Kier molecular flexibility index (Phi) is 3.56. The highest BCUT2D eigenvalue weighted by atomic mass is 79.9. The SMILES string of the molecule is NCCc1nccn1Cc1sccc1Br. The Hall–Kier alpha value is -0.650. The van der Waals surface area contributed by atoms with Gasteiger partial charge in [0.15, 0.2) is 0 Å². The third kappa shape index (κ3) is 2.48. The number of rotatable bonds is 4. The Morgan fingerprint density at radius 2 is 2.40 bits per heavy atom. The minimum Gasteiger partial charge on any atom is -0.330 e. The summed E-state index contributed by atoms with van der Waals surface area (Å²) in [6.07, 6.45) is 4.65. The van der Waals surface area contributed by atoms with Crippen molar-refractivity contribution < 1.29 is 0 Å². The number of nitrogens with two attached hydrogens (primary N) is 1. The Bertz CT molecular complexity index is 435. The molecule has 0 amide bonds. The van der Waals surface area contributed by atoms with Crippen LogP contribution < -0.4 is 5.73 Å². The van der Waals surface area contributed by atoms with Crippen LogP contribution in [0.25, 0.3) is 0 Å². The van der Waals surface area contributed by atoms with Crippen LogP contribution in [0.1, 0.15) is 10.7 Å². The molecule has 15 heavy (non-hydrogen) atoms. The van der Waals surface area contributed by atoms with E-state index in [0.717, 1.165) is 18.8 Å². The fraction of sp³-hybridized carbons (Fsp3) is 0.300. The van der Waals surface area contributed by atoms with Crippen LogP contribution in [0.15, 0.2) is 28.3 Å². The number of hydrogen-bond acceptors (Lipinski definition) is 3. The quantitative estimate of drug-likeness (QED) is 0.937. The number of halogens is 1. The van der Waals surface area contributed by atoms with Gasteiger partial charge in [-0.2, -0.15) is 0 Å². The molecular formula is C10H12BrN3S. The van der Waals surface area contributed by atoms with Crippen molar-refractivity contribution in [3.8, 4) is 0 Å². The Labute approximate surface area is 101 Å². The van der Waals surface area contributed by atoms with Crippen LogP contribution in [-0.2, 0) is 13.0 Å². The van der Waals surface area contributed by atoms with E-state index in [1.165, 1.54) is 9.35 Å². The molecule has 0 aliphatic rings. The molecule has 0 aromatic carbocycles. The molecule has 0 fully saturated rings. The summed E-state index contributed by atoms with van der Waals surface area (Å²) in [6, 6.07) is 2.07. The van der Waals surface area contributed by atoms with Crippen molar-refractivity contribution in [2.24, 2.45) is 5.73 Å². The topological polar surface area (TPSA) is 43.8 Å². The largest absolute Gasteiger partial charge is 0.330 e. The summed E-state index contributed by atoms with van der Waals surface area (Å²) in [4.78, 5) is 5.60. The fourth-order valence-corrected chi connectivity index (χ4v) is 2.91. The predicted molar refractivity (Wildman–Crippen MR) is 66.1 cm³/mol. The van der Waals surface area contributed by atoms with E-state index in [9.17, 15) is 0 Å². The Balaban J connectivity index is 2.17. The van der Waals surface area contributed by atoms with Gasteiger partial charge in [-0.25, -0.2) is 4.98 Å². The van der Waals surface area contributed by atoms with Crippen molar-refractivity contribution >= 4 is 27.3 Å². The van der Waals surface area contributed by atoms with Gasteiger partial charge in [0.25, 0.3) is 0 Å². The van der Waals surface area contributed by atoms with E-state index < -0.39 is 0 Å². The zero-order valence-corrected chi connectivity index (χ0v) is 10.6. The van der Waals surface area contributed by atoms with E-state index in [1.54, 1.807) is 11.3 Å². The molecule has 0 bridgehead atoms. The molecule has 3 nitrogen and oxygen atoms in total. The predicted octanol–water partition coefficient (Wildman–Crippen LogP) is 2.26. The molecule has 2 heterocycles. The van der Waals surface area contributed by atoms with Crippen molar-refractivity contribution in [2.45, 2.75) is 13.0 Å². The van der Waals surface area contributed by atoms with Crippen molar-refractivity contribution in [3.05, 3.63) is 39.0 Å². The first kappa shape index (κ1) is 10.9. The molecule has 0 radical (unpaired) electrons. The van der Waals surface area contributed by atoms with Crippen LogP contribution in [0.4, 0.5) is 0 Å². The maximum Gasteiger partial charge on any atom is 0.110 e. The van der Waals surface area contributed by atoms with Gasteiger partial charge in [0.2, 0.25) is 0 Å². The fourth-order valence-electron chi connectivity index (χ4n) is 1.43. The van der Waals surface area contributed by atoms with Gasteiger partial charge < -0.3 is 10.3 Å². The standard InChI is InChI=1S/C10H12BrN3S/c11-8-2-6-15-9(8)7-14-5-4-13-10(14)1-3-12/h2,4-6H,1,3,7,12H2. The molecule has 0 atom stereocenters. The Morgan fingerprint density at radius 3 is 3.07 bits per heavy atom. The second kappa shape index (κ2) is 4.92. The minimum absolute atomic E-state index is 0.641. The molecule has 0 unspecified atom stereocenters. The van der Waals surface area contributed by atoms with Crippen LogP contribution in [0, 0.1) is 0 Å². The smallest absolute Gasteiger partial charge is 0.110 e. The normalized spacial score (nSPS) is 10.8. The van der Waals surface area contributed by atoms with E-state index in [4.69, 9.17) is 5.73 Å². The maximum absolute atomic E-state index is 5.53. The van der Waals surface area contributed by atoms with E-state index >= 15 is 0 Å². The molecule has 2 aromatic heterocycles. The van der Waals surface area contributed by atoms with E-state index in [-0.39, 0.29) is 0 Å². The monoisotopic (exact) mass is 285 g/mol. The van der Waals surface area contributed by atoms with E-state index in [2.05, 4.69) is 36.9 Å². The molecule has 2 aromatic rings. The summed E-state index contributed by atoms with van der Waals surface area (Å²) < 4.78 is 3.31. The Morgan fingerprint density at radius 1 is 1.53 bits per heavy atom. The molecule has 0 aliphatic carbocycles. The summed E-state index contributed by atoms with van der Waals surface area (Å²) in [6.45, 7) is 1.51. The average molecular weight is 286 g/mol. The van der Waals surface area contributed by atoms with Crippen molar-refractivity contribution in [2.75, 3.05) is 6.54 Å². The molecule has 0 spiro atoms. The molecule has 5 heteroatoms. The van der Waals surface area contributed by atoms with Crippen LogP contribution in [0.5, 0.6) is 0 Å². The minimum atomic E-state index is 0.641. The second-order valence-electron chi connectivity index (χ2n) is 3.20. The van der Waals surface area contributed by atoms with E-state index in [0.29, 0.717) is 6.54 Å². The lowest BCUT2D eigenvalue weighted by Crippen LogP contribution is -2.10. The first-order chi connectivity index (χ1) is 7.31. The number of imidazole rings is 1. The van der Waals surface area contributed by atoms with Gasteiger partial charge in [0.05, 0.1) is 6.54 Å². The lowest BCUT2D eigenvalue weighted by atomic mass is 10.4. The first-order valence-corrected chi connectivity index (χ1v) is 6.40. The van der Waals surface area contributed by atoms with Crippen molar-refractivity contribution in [1.82, 2.24) is 9.55 Å². The molecule has 0 aliphatic heterocycles. The van der Waals surface area contributed by atoms with Gasteiger partial charge in [-0.1, -0.05) is 0 Å². The summed E-state index contributed by atoms with van der Waals surface area (Å²) in [7, 11) is 0. The van der Waals surface area contributed by atoms with Crippen molar-refractivity contribution in [3.63, 3.8) is 0 Å². The lowest BCUT2D eigenvalue weighted by Gasteiger charge is -2.05. The second-order valence-corrected chi connectivity index (χ2v) is 5.06. The molecule has 0 saturated heterocycles. The summed E-state index contributed by atoms with van der Waals surface area (Å²) in [5, 5.41) is 2.08. The zero-order chi connectivity index (χ0) is 10.7. The maximum atomic E-state index is 5.53. The van der Waals surface area contributed by atoms with Gasteiger partial charge >= 0.3 is 0 Å².